The molecule has 1 atom stereocenters. The van der Waals surface area contributed by atoms with Crippen molar-refractivity contribution in [2.24, 2.45) is 0 Å². The Labute approximate surface area is 119 Å². The van der Waals surface area contributed by atoms with Gasteiger partial charge in [0.1, 0.15) is 0 Å². The third kappa shape index (κ3) is 2.74. The highest BCUT2D eigenvalue weighted by Gasteiger charge is 2.40. The van der Waals surface area contributed by atoms with Gasteiger partial charge >= 0.3 is 0 Å². The van der Waals surface area contributed by atoms with Crippen LogP contribution in [0.5, 0.6) is 0 Å². The molecule has 0 bridgehead atoms. The summed E-state index contributed by atoms with van der Waals surface area (Å²) in [6.07, 6.45) is 7.36. The highest BCUT2D eigenvalue weighted by atomic mass is 35.5. The zero-order valence-electron chi connectivity index (χ0n) is 11.2. The van der Waals surface area contributed by atoms with E-state index in [1.165, 1.54) is 30.6 Å². The van der Waals surface area contributed by atoms with Crippen LogP contribution >= 0.6 is 22.9 Å². The van der Waals surface area contributed by atoms with Gasteiger partial charge in [-0.2, -0.15) is 0 Å². The Hall–Kier alpha value is -0.0900. The first-order valence-electron chi connectivity index (χ1n) is 6.69. The van der Waals surface area contributed by atoms with Gasteiger partial charge in [0, 0.05) is 12.0 Å². The summed E-state index contributed by atoms with van der Waals surface area (Å²) < 4.78 is 5.98. The van der Waals surface area contributed by atoms with Crippen molar-refractivity contribution >= 4 is 22.9 Å². The summed E-state index contributed by atoms with van der Waals surface area (Å²) in [5.41, 5.74) is -0.0975. The molecule has 0 saturated heterocycles. The molecule has 1 aliphatic carbocycles. The minimum Gasteiger partial charge on any atom is -0.376 e. The van der Waals surface area contributed by atoms with Gasteiger partial charge in [-0.25, -0.2) is 0 Å². The zero-order valence-corrected chi connectivity index (χ0v) is 12.7. The standard InChI is InChI=1S/C14H22ClNOS/c1-16-13(12-11(15)7-10-18-12)14(17-2)8-5-3-4-6-9-14/h7,10,13,16H,3-6,8-9H2,1-2H3. The van der Waals surface area contributed by atoms with Gasteiger partial charge in [0.05, 0.1) is 16.7 Å². The number of hydrogen-bond acceptors (Lipinski definition) is 3. The van der Waals surface area contributed by atoms with Crippen LogP contribution in [0, 0.1) is 0 Å². The molecule has 18 heavy (non-hydrogen) atoms. The third-order valence-corrected chi connectivity index (χ3v) is 5.50. The second kappa shape index (κ2) is 6.38. The Morgan fingerprint density at radius 3 is 2.44 bits per heavy atom. The lowest BCUT2D eigenvalue weighted by Gasteiger charge is -2.39. The number of halogens is 1. The quantitative estimate of drug-likeness (QED) is 0.829. The van der Waals surface area contributed by atoms with Crippen LogP contribution in [-0.2, 0) is 4.74 Å². The molecule has 1 N–H and O–H groups in total. The molecule has 4 heteroatoms. The Morgan fingerprint density at radius 1 is 1.33 bits per heavy atom. The summed E-state index contributed by atoms with van der Waals surface area (Å²) in [6, 6.07) is 2.18. The first kappa shape index (κ1) is 14.3. The van der Waals surface area contributed by atoms with Crippen LogP contribution in [0.1, 0.15) is 49.4 Å². The molecule has 0 radical (unpaired) electrons. The van der Waals surface area contributed by atoms with Crippen LogP contribution in [-0.4, -0.2) is 19.8 Å². The summed E-state index contributed by atoms with van der Waals surface area (Å²) in [6.45, 7) is 0. The molecule has 1 aromatic rings. The van der Waals surface area contributed by atoms with Crippen molar-refractivity contribution in [2.45, 2.75) is 50.2 Å². The Morgan fingerprint density at radius 2 is 2.00 bits per heavy atom. The maximum absolute atomic E-state index is 6.31. The molecule has 1 aromatic heterocycles. The Bertz CT molecular complexity index is 372. The monoisotopic (exact) mass is 287 g/mol. The van der Waals surface area contributed by atoms with Gasteiger partial charge in [0.2, 0.25) is 0 Å². The Kier molecular flexibility index (Phi) is 5.07. The van der Waals surface area contributed by atoms with E-state index in [4.69, 9.17) is 16.3 Å². The minimum atomic E-state index is -0.0975. The van der Waals surface area contributed by atoms with Crippen LogP contribution < -0.4 is 5.32 Å². The van der Waals surface area contributed by atoms with E-state index in [2.05, 4.69) is 10.7 Å². The molecule has 1 saturated carbocycles. The number of likely N-dealkylation sites (N-methyl/N-ethyl adjacent to an activating group) is 1. The van der Waals surface area contributed by atoms with Crippen molar-refractivity contribution in [3.05, 3.63) is 21.3 Å². The highest BCUT2D eigenvalue weighted by Crippen LogP contribution is 2.43. The fourth-order valence-electron chi connectivity index (χ4n) is 3.08. The second-order valence-corrected chi connectivity index (χ2v) is 6.39. The van der Waals surface area contributed by atoms with Crippen LogP contribution in [0.25, 0.3) is 0 Å². The lowest BCUT2D eigenvalue weighted by molar-refractivity contribution is -0.0513. The van der Waals surface area contributed by atoms with Crippen LogP contribution in [0.3, 0.4) is 0 Å². The fraction of sp³-hybridized carbons (Fsp3) is 0.714. The van der Waals surface area contributed by atoms with E-state index in [0.29, 0.717) is 0 Å². The summed E-state index contributed by atoms with van der Waals surface area (Å²) in [4.78, 5) is 1.21. The van der Waals surface area contributed by atoms with Gasteiger partial charge in [-0.1, -0.05) is 37.3 Å². The topological polar surface area (TPSA) is 21.3 Å². The number of nitrogens with one attached hydrogen (secondary N) is 1. The molecule has 1 fully saturated rings. The minimum absolute atomic E-state index is 0.0975. The van der Waals surface area contributed by atoms with E-state index in [9.17, 15) is 0 Å². The van der Waals surface area contributed by atoms with Crippen LogP contribution in [0.15, 0.2) is 11.4 Å². The predicted octanol–water partition coefficient (Wildman–Crippen LogP) is 4.40. The number of hydrogen-bond donors (Lipinski definition) is 1. The van der Waals surface area contributed by atoms with Crippen molar-refractivity contribution in [2.75, 3.05) is 14.2 Å². The van der Waals surface area contributed by atoms with Gasteiger partial charge in [-0.05, 0) is 31.3 Å². The number of methoxy groups -OCH3 is 1. The van der Waals surface area contributed by atoms with Gasteiger partial charge in [0.15, 0.2) is 0 Å². The summed E-state index contributed by atoms with van der Waals surface area (Å²) >= 11 is 8.03. The van der Waals surface area contributed by atoms with E-state index >= 15 is 0 Å². The van der Waals surface area contributed by atoms with E-state index < -0.39 is 0 Å². The molecule has 1 aliphatic rings. The lowest BCUT2D eigenvalue weighted by atomic mass is 9.85. The molecule has 2 nitrogen and oxygen atoms in total. The number of thiophene rings is 1. The molecule has 2 rings (SSSR count). The van der Waals surface area contributed by atoms with Crippen molar-refractivity contribution in [3.8, 4) is 0 Å². The van der Waals surface area contributed by atoms with Gasteiger partial charge in [-0.3, -0.25) is 0 Å². The number of ether oxygens (including phenoxy) is 1. The molecule has 0 aromatic carbocycles. The molecular formula is C14H22ClNOS. The third-order valence-electron chi connectivity index (χ3n) is 4.08. The van der Waals surface area contributed by atoms with Crippen molar-refractivity contribution in [1.82, 2.24) is 5.32 Å². The predicted molar refractivity (Wildman–Crippen MR) is 78.6 cm³/mol. The molecule has 1 heterocycles. The fourth-order valence-corrected chi connectivity index (χ4v) is 4.46. The van der Waals surface area contributed by atoms with Crippen LogP contribution in [0.2, 0.25) is 5.02 Å². The average molecular weight is 288 g/mol. The molecule has 0 spiro atoms. The van der Waals surface area contributed by atoms with Crippen molar-refractivity contribution in [1.29, 1.82) is 0 Å². The second-order valence-electron chi connectivity index (χ2n) is 5.04. The molecule has 1 unspecified atom stereocenters. The highest BCUT2D eigenvalue weighted by molar-refractivity contribution is 7.10. The number of rotatable bonds is 4. The molecule has 102 valence electrons. The largest absolute Gasteiger partial charge is 0.376 e. The van der Waals surface area contributed by atoms with Gasteiger partial charge in [0.25, 0.3) is 0 Å². The maximum atomic E-state index is 6.31. The normalized spacial score (nSPS) is 21.5. The maximum Gasteiger partial charge on any atom is 0.0881 e. The molecular weight excluding hydrogens is 266 g/mol. The van der Waals surface area contributed by atoms with Gasteiger partial charge in [-0.15, -0.1) is 11.3 Å². The first-order chi connectivity index (χ1) is 8.73. The SMILES string of the molecule is CNC(c1sccc1Cl)C1(OC)CCCCCC1. The molecule has 0 aliphatic heterocycles. The van der Waals surface area contributed by atoms with E-state index in [-0.39, 0.29) is 11.6 Å². The van der Waals surface area contributed by atoms with Crippen molar-refractivity contribution < 1.29 is 4.74 Å². The van der Waals surface area contributed by atoms with E-state index in [1.54, 1.807) is 11.3 Å². The van der Waals surface area contributed by atoms with Crippen LogP contribution in [0.4, 0.5) is 0 Å². The summed E-state index contributed by atoms with van der Waals surface area (Å²) in [5, 5.41) is 6.35. The molecule has 0 amide bonds. The van der Waals surface area contributed by atoms with E-state index in [0.717, 1.165) is 17.9 Å². The lowest BCUT2D eigenvalue weighted by Crippen LogP contribution is -2.44. The smallest absolute Gasteiger partial charge is 0.0881 e. The Balaban J connectivity index is 2.30. The summed E-state index contributed by atoms with van der Waals surface area (Å²) in [7, 11) is 3.85. The van der Waals surface area contributed by atoms with Crippen molar-refractivity contribution in [3.63, 3.8) is 0 Å². The first-order valence-corrected chi connectivity index (χ1v) is 7.94. The van der Waals surface area contributed by atoms with E-state index in [1.807, 2.05) is 20.2 Å². The zero-order chi connectivity index (χ0) is 13.0. The average Bonchev–Trinajstić information content (AvgIpc) is 2.67. The van der Waals surface area contributed by atoms with Gasteiger partial charge < -0.3 is 10.1 Å². The summed E-state index contributed by atoms with van der Waals surface area (Å²) in [5.74, 6) is 0.